The Labute approximate surface area is 187 Å². The molecule has 2 aromatic heterocycles. The van der Waals surface area contributed by atoms with Crippen molar-refractivity contribution in [3.63, 3.8) is 0 Å². The fourth-order valence-electron chi connectivity index (χ4n) is 6.53. The zero-order chi connectivity index (χ0) is 22.4. The number of nitrogens with zero attached hydrogens (tertiary/aromatic N) is 4. The smallest absolute Gasteiger partial charge is 0.307 e. The van der Waals surface area contributed by atoms with Crippen molar-refractivity contribution in [1.82, 2.24) is 14.5 Å². The lowest BCUT2D eigenvalue weighted by molar-refractivity contribution is -0.647. The molecule has 1 saturated carbocycles. The fraction of sp³-hybridized carbons (Fsp3) is 0.654. The first-order valence-electron chi connectivity index (χ1n) is 11.9. The van der Waals surface area contributed by atoms with Crippen LogP contribution in [0.2, 0.25) is 0 Å². The van der Waals surface area contributed by atoms with Crippen molar-refractivity contribution in [1.29, 1.82) is 0 Å². The third kappa shape index (κ3) is 3.70. The van der Waals surface area contributed by atoms with Crippen molar-refractivity contribution in [2.45, 2.75) is 79.7 Å². The summed E-state index contributed by atoms with van der Waals surface area (Å²) < 4.78 is 4.17. The van der Waals surface area contributed by atoms with Gasteiger partial charge in [-0.05, 0) is 75.0 Å². The van der Waals surface area contributed by atoms with Crippen LogP contribution in [0.5, 0.6) is 0 Å². The molecular weight excluding hydrogens is 382 g/mol. The molecule has 2 aliphatic carbocycles. The Bertz CT molecular complexity index is 1030. The lowest BCUT2D eigenvalue weighted by Crippen LogP contribution is -2.49. The Balaban J connectivity index is 1.50. The maximum atomic E-state index is 6.14. The van der Waals surface area contributed by atoms with Crippen molar-refractivity contribution < 1.29 is 4.57 Å². The van der Waals surface area contributed by atoms with Gasteiger partial charge in [0.15, 0.2) is 18.5 Å². The maximum absolute atomic E-state index is 6.14. The predicted molar refractivity (Wildman–Crippen MR) is 127 cm³/mol. The van der Waals surface area contributed by atoms with Crippen LogP contribution in [-0.2, 0) is 13.6 Å². The number of imidazole rings is 1. The maximum Gasteiger partial charge on any atom is 0.307 e. The molecule has 5 nitrogen and oxygen atoms in total. The Morgan fingerprint density at radius 2 is 2.10 bits per heavy atom. The number of nitrogens with two attached hydrogens (primary N) is 1. The number of rotatable bonds is 5. The molecule has 0 radical (unpaired) electrons. The largest absolute Gasteiger partial charge is 0.380 e. The van der Waals surface area contributed by atoms with Crippen LogP contribution in [0.4, 0.5) is 5.82 Å². The number of anilines is 1. The van der Waals surface area contributed by atoms with E-state index in [1.165, 1.54) is 44.0 Å². The second kappa shape index (κ2) is 8.07. The summed E-state index contributed by atoms with van der Waals surface area (Å²) in [5.41, 5.74) is 11.8. The minimum Gasteiger partial charge on any atom is -0.380 e. The van der Waals surface area contributed by atoms with E-state index in [0.29, 0.717) is 16.6 Å². The molecule has 2 heterocycles. The van der Waals surface area contributed by atoms with E-state index in [0.717, 1.165) is 36.0 Å². The summed E-state index contributed by atoms with van der Waals surface area (Å²) in [5.74, 6) is 2.12. The van der Waals surface area contributed by atoms with Gasteiger partial charge in [-0.25, -0.2) is 4.57 Å². The third-order valence-corrected chi connectivity index (χ3v) is 9.05. The van der Waals surface area contributed by atoms with Gasteiger partial charge in [0.25, 0.3) is 0 Å². The highest BCUT2D eigenvalue weighted by Gasteiger charge is 2.52. The SMILES string of the molecule is CC(=CCn1c[n+](C)c2ncnc(N)c21)CC[C@@]1(C)[C@@H](C)CC[C@]2(C)C(C)=CCC[C@@H]12. The summed E-state index contributed by atoms with van der Waals surface area (Å²) in [5, 5.41) is 0. The van der Waals surface area contributed by atoms with E-state index in [-0.39, 0.29) is 0 Å². The van der Waals surface area contributed by atoms with Gasteiger partial charge in [-0.1, -0.05) is 49.1 Å². The molecule has 168 valence electrons. The molecule has 31 heavy (non-hydrogen) atoms. The monoisotopic (exact) mass is 422 g/mol. The summed E-state index contributed by atoms with van der Waals surface area (Å²) in [4.78, 5) is 8.56. The lowest BCUT2D eigenvalue weighted by atomic mass is 9.47. The van der Waals surface area contributed by atoms with Crippen LogP contribution < -0.4 is 10.3 Å². The van der Waals surface area contributed by atoms with Crippen LogP contribution >= 0.6 is 0 Å². The first kappa shape index (κ1) is 22.0. The van der Waals surface area contributed by atoms with Crippen molar-refractivity contribution in [3.05, 3.63) is 36.0 Å². The molecule has 0 saturated heterocycles. The summed E-state index contributed by atoms with van der Waals surface area (Å²) in [6, 6.07) is 0. The molecule has 0 aliphatic heterocycles. The van der Waals surface area contributed by atoms with Gasteiger partial charge in [0.05, 0.1) is 13.6 Å². The molecule has 4 atom stereocenters. The summed E-state index contributed by atoms with van der Waals surface area (Å²) in [6.07, 6.45) is 16.2. The van der Waals surface area contributed by atoms with E-state index in [1.54, 1.807) is 5.57 Å². The van der Waals surface area contributed by atoms with Crippen molar-refractivity contribution >= 4 is 17.0 Å². The van der Waals surface area contributed by atoms with E-state index in [1.807, 2.05) is 11.6 Å². The molecule has 2 aliphatic rings. The van der Waals surface area contributed by atoms with E-state index in [2.05, 4.69) is 67.6 Å². The predicted octanol–water partition coefficient (Wildman–Crippen LogP) is 5.36. The standard InChI is InChI=1S/C26H40N5/c1-18(12-15-31-17-30(6)24-22(31)23(27)28-16-29-24)10-13-25(4)20(3)11-14-26(5)19(2)8-7-9-21(25)26/h8,12,16-17,20-21H,7,9-11,13-15H2,1-6H3,(H2,27,28,29)/q+1/t20-,21-,25-,26+/m0/s1. The normalized spacial score (nSPS) is 31.5. The first-order valence-corrected chi connectivity index (χ1v) is 11.9. The van der Waals surface area contributed by atoms with Gasteiger partial charge in [0, 0.05) is 0 Å². The zero-order valence-electron chi connectivity index (χ0n) is 20.3. The van der Waals surface area contributed by atoms with Gasteiger partial charge in [-0.2, -0.15) is 4.98 Å². The number of aryl methyl sites for hydroxylation is 1. The Morgan fingerprint density at radius 3 is 2.87 bits per heavy atom. The van der Waals surface area contributed by atoms with E-state index >= 15 is 0 Å². The molecule has 1 fully saturated rings. The van der Waals surface area contributed by atoms with Crippen LogP contribution in [0.25, 0.3) is 11.2 Å². The van der Waals surface area contributed by atoms with Crippen molar-refractivity contribution in [2.24, 2.45) is 29.7 Å². The second-order valence-electron chi connectivity index (χ2n) is 10.7. The van der Waals surface area contributed by atoms with E-state index in [9.17, 15) is 0 Å². The molecule has 0 unspecified atom stereocenters. The molecule has 4 rings (SSSR count). The molecule has 0 bridgehead atoms. The first-order chi connectivity index (χ1) is 14.7. The number of hydrogen-bond acceptors (Lipinski definition) is 3. The average Bonchev–Trinajstić information content (AvgIpc) is 3.07. The number of allylic oxidation sites excluding steroid dienone is 4. The van der Waals surface area contributed by atoms with Crippen LogP contribution in [-0.4, -0.2) is 14.5 Å². The van der Waals surface area contributed by atoms with Gasteiger partial charge < -0.3 is 5.73 Å². The van der Waals surface area contributed by atoms with Crippen LogP contribution in [0.3, 0.4) is 0 Å². The molecule has 2 N–H and O–H groups in total. The van der Waals surface area contributed by atoms with Crippen LogP contribution in [0.1, 0.15) is 73.1 Å². The Morgan fingerprint density at radius 1 is 1.32 bits per heavy atom. The number of nitrogen functional groups attached to an aromatic ring is 1. The molecule has 2 aromatic rings. The van der Waals surface area contributed by atoms with Gasteiger partial charge in [0.1, 0.15) is 0 Å². The van der Waals surface area contributed by atoms with Gasteiger partial charge in [0.2, 0.25) is 5.52 Å². The average molecular weight is 423 g/mol. The molecule has 5 heteroatoms. The summed E-state index contributed by atoms with van der Waals surface area (Å²) in [6.45, 7) is 13.1. The third-order valence-electron chi connectivity index (χ3n) is 9.05. The lowest BCUT2D eigenvalue weighted by Gasteiger charge is -2.58. The van der Waals surface area contributed by atoms with E-state index < -0.39 is 0 Å². The summed E-state index contributed by atoms with van der Waals surface area (Å²) >= 11 is 0. The number of fused-ring (bicyclic) bond motifs is 2. The molecule has 0 aromatic carbocycles. The highest BCUT2D eigenvalue weighted by atomic mass is 15.2. The number of aromatic nitrogens is 4. The van der Waals surface area contributed by atoms with Crippen LogP contribution in [0, 0.1) is 22.7 Å². The molecular formula is C26H40N5+. The van der Waals surface area contributed by atoms with Crippen molar-refractivity contribution in [2.75, 3.05) is 5.73 Å². The van der Waals surface area contributed by atoms with E-state index in [4.69, 9.17) is 5.73 Å². The molecule has 0 spiro atoms. The Kier molecular flexibility index (Phi) is 5.74. The van der Waals surface area contributed by atoms with Crippen molar-refractivity contribution in [3.8, 4) is 0 Å². The van der Waals surface area contributed by atoms with Gasteiger partial charge in [-0.15, -0.1) is 0 Å². The second-order valence-corrected chi connectivity index (χ2v) is 10.7. The highest BCUT2D eigenvalue weighted by Crippen LogP contribution is 2.61. The summed E-state index contributed by atoms with van der Waals surface area (Å²) in [7, 11) is 2.00. The van der Waals surface area contributed by atoms with Crippen LogP contribution in [0.15, 0.2) is 36.0 Å². The van der Waals surface area contributed by atoms with Gasteiger partial charge in [-0.3, -0.25) is 4.57 Å². The fourth-order valence-corrected chi connectivity index (χ4v) is 6.53. The Hall–Kier alpha value is -2.17. The minimum atomic E-state index is 0.396. The minimum absolute atomic E-state index is 0.396. The number of hydrogen-bond donors (Lipinski definition) is 1. The quantitative estimate of drug-likeness (QED) is 0.521. The topological polar surface area (TPSA) is 60.6 Å². The zero-order valence-corrected chi connectivity index (χ0v) is 20.3. The molecule has 0 amide bonds. The highest BCUT2D eigenvalue weighted by molar-refractivity contribution is 5.79. The van der Waals surface area contributed by atoms with Gasteiger partial charge >= 0.3 is 5.65 Å².